The first-order valence-corrected chi connectivity index (χ1v) is 6.16. The van der Waals surface area contributed by atoms with Gasteiger partial charge in [0.15, 0.2) is 5.76 Å². The minimum atomic E-state index is -1.19. The van der Waals surface area contributed by atoms with Gasteiger partial charge >= 0.3 is 5.97 Å². The van der Waals surface area contributed by atoms with Crippen molar-refractivity contribution in [3.8, 4) is 0 Å². The Morgan fingerprint density at radius 1 is 1.16 bits per heavy atom. The first-order chi connectivity index (χ1) is 8.50. The number of carbonyl (C=O) groups is 2. The Hall–Kier alpha value is -1.78. The average molecular weight is 267 g/mol. The molecule has 0 saturated carbocycles. The molecule has 1 heterocycles. The van der Waals surface area contributed by atoms with Crippen LogP contribution < -0.4 is 5.32 Å². The lowest BCUT2D eigenvalue weighted by molar-refractivity contribution is 0.0659. The monoisotopic (exact) mass is 267 g/mol. The number of carboxylic acid groups (broad SMARTS) is 1. The highest BCUT2D eigenvalue weighted by atomic mass is 16.4. The maximum absolute atomic E-state index is 12.0. The molecule has 0 aliphatic carbocycles. The maximum atomic E-state index is 12.0. The van der Waals surface area contributed by atoms with Crippen LogP contribution in [0, 0.1) is 5.41 Å². The molecule has 0 aliphatic heterocycles. The second-order valence-electron chi connectivity index (χ2n) is 6.54. The zero-order chi connectivity index (χ0) is 14.8. The summed E-state index contributed by atoms with van der Waals surface area (Å²) >= 11 is 0. The van der Waals surface area contributed by atoms with E-state index in [1.165, 1.54) is 12.1 Å². The van der Waals surface area contributed by atoms with Gasteiger partial charge in [-0.25, -0.2) is 4.79 Å². The standard InChI is InChI=1S/C14H21NO4/c1-13(2,3)8-14(4,5)15-11(16)9-6-7-10(19-9)12(17)18/h6-7H,8H2,1-5H3,(H,15,16)(H,17,18). The normalized spacial score (nSPS) is 12.3. The number of carboxylic acids is 1. The topological polar surface area (TPSA) is 79.5 Å². The van der Waals surface area contributed by atoms with Crippen molar-refractivity contribution in [2.24, 2.45) is 5.41 Å². The molecule has 0 unspecified atom stereocenters. The third kappa shape index (κ3) is 4.77. The van der Waals surface area contributed by atoms with E-state index < -0.39 is 17.4 Å². The Morgan fingerprint density at radius 2 is 1.68 bits per heavy atom. The molecular formula is C14H21NO4. The van der Waals surface area contributed by atoms with Crippen LogP contribution in [0.5, 0.6) is 0 Å². The molecule has 0 atom stereocenters. The fraction of sp³-hybridized carbons (Fsp3) is 0.571. The molecule has 1 amide bonds. The summed E-state index contributed by atoms with van der Waals surface area (Å²) in [7, 11) is 0. The van der Waals surface area contributed by atoms with Crippen molar-refractivity contribution < 1.29 is 19.1 Å². The second-order valence-corrected chi connectivity index (χ2v) is 6.54. The first kappa shape index (κ1) is 15.3. The van der Waals surface area contributed by atoms with E-state index in [1.807, 2.05) is 13.8 Å². The zero-order valence-electron chi connectivity index (χ0n) is 12.0. The predicted molar refractivity (Wildman–Crippen MR) is 71.3 cm³/mol. The Bertz CT molecular complexity index is 480. The van der Waals surface area contributed by atoms with Crippen LogP contribution in [0.3, 0.4) is 0 Å². The molecular weight excluding hydrogens is 246 g/mol. The van der Waals surface area contributed by atoms with Crippen molar-refractivity contribution in [2.75, 3.05) is 0 Å². The van der Waals surface area contributed by atoms with Crippen molar-refractivity contribution in [1.29, 1.82) is 0 Å². The van der Waals surface area contributed by atoms with E-state index in [4.69, 9.17) is 9.52 Å². The zero-order valence-corrected chi connectivity index (χ0v) is 12.0. The number of rotatable bonds is 4. The Kier molecular flexibility index (Phi) is 4.08. The van der Waals surface area contributed by atoms with Gasteiger partial charge in [-0.2, -0.15) is 0 Å². The molecule has 5 heteroatoms. The van der Waals surface area contributed by atoms with Gasteiger partial charge in [0.2, 0.25) is 5.76 Å². The van der Waals surface area contributed by atoms with Crippen LogP contribution in [0.15, 0.2) is 16.5 Å². The lowest BCUT2D eigenvalue weighted by Crippen LogP contribution is -2.45. The quantitative estimate of drug-likeness (QED) is 0.879. The van der Waals surface area contributed by atoms with Gasteiger partial charge in [-0.05, 0) is 37.8 Å². The molecule has 19 heavy (non-hydrogen) atoms. The van der Waals surface area contributed by atoms with Gasteiger partial charge in [-0.15, -0.1) is 0 Å². The van der Waals surface area contributed by atoms with E-state index in [-0.39, 0.29) is 16.9 Å². The summed E-state index contributed by atoms with van der Waals surface area (Å²) < 4.78 is 4.97. The van der Waals surface area contributed by atoms with Gasteiger partial charge in [0.05, 0.1) is 0 Å². The van der Waals surface area contributed by atoms with Crippen molar-refractivity contribution >= 4 is 11.9 Å². The summed E-state index contributed by atoms with van der Waals surface area (Å²) in [5, 5.41) is 11.6. The summed E-state index contributed by atoms with van der Waals surface area (Å²) in [5.41, 5.74) is -0.322. The largest absolute Gasteiger partial charge is 0.475 e. The molecule has 0 fully saturated rings. The average Bonchev–Trinajstić information content (AvgIpc) is 2.60. The fourth-order valence-electron chi connectivity index (χ4n) is 2.31. The number of nitrogens with one attached hydrogen (secondary N) is 1. The van der Waals surface area contributed by atoms with Gasteiger partial charge in [0.1, 0.15) is 0 Å². The summed E-state index contributed by atoms with van der Waals surface area (Å²) in [5.74, 6) is -1.81. The molecule has 106 valence electrons. The van der Waals surface area contributed by atoms with Gasteiger partial charge in [-0.3, -0.25) is 4.79 Å². The predicted octanol–water partition coefficient (Wildman–Crippen LogP) is 2.92. The number of hydrogen-bond acceptors (Lipinski definition) is 3. The maximum Gasteiger partial charge on any atom is 0.371 e. The van der Waals surface area contributed by atoms with E-state index in [2.05, 4.69) is 26.1 Å². The van der Waals surface area contributed by atoms with Crippen LogP contribution in [0.4, 0.5) is 0 Å². The van der Waals surface area contributed by atoms with E-state index in [0.717, 1.165) is 6.42 Å². The highest BCUT2D eigenvalue weighted by molar-refractivity contribution is 5.93. The second kappa shape index (κ2) is 5.07. The van der Waals surface area contributed by atoms with Crippen LogP contribution in [0.1, 0.15) is 62.1 Å². The summed E-state index contributed by atoms with van der Waals surface area (Å²) in [4.78, 5) is 22.7. The van der Waals surface area contributed by atoms with E-state index >= 15 is 0 Å². The SMILES string of the molecule is CC(C)(C)CC(C)(C)NC(=O)c1ccc(C(=O)O)o1. The van der Waals surface area contributed by atoms with Crippen LogP contribution in [0.25, 0.3) is 0 Å². The Morgan fingerprint density at radius 3 is 2.11 bits per heavy atom. The van der Waals surface area contributed by atoms with Crippen molar-refractivity contribution in [2.45, 2.75) is 46.6 Å². The molecule has 0 spiro atoms. The Balaban J connectivity index is 2.75. The molecule has 2 N–H and O–H groups in total. The van der Waals surface area contributed by atoms with Crippen LogP contribution in [0.2, 0.25) is 0 Å². The molecule has 1 aromatic rings. The smallest absolute Gasteiger partial charge is 0.371 e. The van der Waals surface area contributed by atoms with Gasteiger partial charge in [-0.1, -0.05) is 20.8 Å². The van der Waals surface area contributed by atoms with Gasteiger partial charge < -0.3 is 14.8 Å². The fourth-order valence-corrected chi connectivity index (χ4v) is 2.31. The molecule has 0 radical (unpaired) electrons. The number of hydrogen-bond donors (Lipinski definition) is 2. The Labute approximate surface area is 113 Å². The highest BCUT2D eigenvalue weighted by Gasteiger charge is 2.28. The third-order valence-corrected chi connectivity index (χ3v) is 2.46. The van der Waals surface area contributed by atoms with Gasteiger partial charge in [0.25, 0.3) is 5.91 Å². The summed E-state index contributed by atoms with van der Waals surface area (Å²) in [6.07, 6.45) is 0.790. The molecule has 0 bridgehead atoms. The van der Waals surface area contributed by atoms with Gasteiger partial charge in [0, 0.05) is 5.54 Å². The molecule has 0 saturated heterocycles. The third-order valence-electron chi connectivity index (χ3n) is 2.46. The molecule has 1 aromatic heterocycles. The number of furan rings is 1. The van der Waals surface area contributed by atoms with Crippen molar-refractivity contribution in [3.05, 3.63) is 23.7 Å². The first-order valence-electron chi connectivity index (χ1n) is 6.16. The van der Waals surface area contributed by atoms with Crippen molar-refractivity contribution in [3.63, 3.8) is 0 Å². The van der Waals surface area contributed by atoms with E-state index in [9.17, 15) is 9.59 Å². The van der Waals surface area contributed by atoms with E-state index in [0.29, 0.717) is 0 Å². The van der Waals surface area contributed by atoms with Crippen LogP contribution >= 0.6 is 0 Å². The van der Waals surface area contributed by atoms with Crippen molar-refractivity contribution in [1.82, 2.24) is 5.32 Å². The number of aromatic carboxylic acids is 1. The van der Waals surface area contributed by atoms with Crippen LogP contribution in [-0.4, -0.2) is 22.5 Å². The molecule has 5 nitrogen and oxygen atoms in total. The lowest BCUT2D eigenvalue weighted by Gasteiger charge is -2.33. The molecule has 0 aromatic carbocycles. The highest BCUT2D eigenvalue weighted by Crippen LogP contribution is 2.27. The summed E-state index contributed by atoms with van der Waals surface area (Å²) in [6.45, 7) is 10.1. The molecule has 0 aliphatic rings. The number of carbonyl (C=O) groups excluding carboxylic acids is 1. The molecule has 1 rings (SSSR count). The minimum absolute atomic E-state index is 0.0133. The van der Waals surface area contributed by atoms with Crippen LogP contribution in [-0.2, 0) is 0 Å². The number of amides is 1. The van der Waals surface area contributed by atoms with E-state index in [1.54, 1.807) is 0 Å². The summed E-state index contributed by atoms with van der Waals surface area (Å²) in [6, 6.07) is 2.64. The lowest BCUT2D eigenvalue weighted by atomic mass is 9.82. The minimum Gasteiger partial charge on any atom is -0.475 e.